The van der Waals surface area contributed by atoms with Gasteiger partial charge in [0.25, 0.3) is 5.91 Å². The lowest BCUT2D eigenvalue weighted by Gasteiger charge is -2.18. The number of halogens is 1. The molecule has 2 aromatic carbocycles. The van der Waals surface area contributed by atoms with Crippen molar-refractivity contribution in [2.75, 3.05) is 17.8 Å². The van der Waals surface area contributed by atoms with Gasteiger partial charge in [-0.25, -0.2) is 4.99 Å². The van der Waals surface area contributed by atoms with E-state index >= 15 is 0 Å². The predicted molar refractivity (Wildman–Crippen MR) is 110 cm³/mol. The molecular weight excluding hydrogens is 368 g/mol. The molecule has 0 bridgehead atoms. The number of amidine groups is 1. The SMILES string of the molecule is CCSC1=NC(=Cc2ccc(C)cc2)C(=O)N1c1ccc(OC)c(Cl)c1. The van der Waals surface area contributed by atoms with E-state index in [1.807, 2.05) is 50.3 Å². The number of benzene rings is 2. The van der Waals surface area contributed by atoms with Crippen LogP contribution < -0.4 is 9.64 Å². The number of ether oxygens (including phenoxy) is 1. The van der Waals surface area contributed by atoms with Gasteiger partial charge in [0.2, 0.25) is 0 Å². The molecule has 0 saturated carbocycles. The molecule has 1 aliphatic rings. The van der Waals surface area contributed by atoms with Crippen molar-refractivity contribution in [3.8, 4) is 5.75 Å². The number of amides is 1. The largest absolute Gasteiger partial charge is 0.495 e. The fraction of sp³-hybridized carbons (Fsp3) is 0.200. The van der Waals surface area contributed by atoms with Crippen LogP contribution in [0.5, 0.6) is 5.75 Å². The maximum atomic E-state index is 13.0. The molecule has 3 rings (SSSR count). The van der Waals surface area contributed by atoms with Gasteiger partial charge >= 0.3 is 0 Å². The molecule has 0 aromatic heterocycles. The second-order valence-corrected chi connectivity index (χ2v) is 7.37. The molecule has 0 aliphatic carbocycles. The average molecular weight is 387 g/mol. The Hall–Kier alpha value is -2.24. The van der Waals surface area contributed by atoms with Crippen LogP contribution >= 0.6 is 23.4 Å². The molecule has 0 saturated heterocycles. The summed E-state index contributed by atoms with van der Waals surface area (Å²) in [6.07, 6.45) is 1.81. The molecule has 2 aromatic rings. The van der Waals surface area contributed by atoms with Crippen LogP contribution in [0.1, 0.15) is 18.1 Å². The van der Waals surface area contributed by atoms with Gasteiger partial charge in [-0.05, 0) is 42.5 Å². The Morgan fingerprint density at radius 2 is 1.96 bits per heavy atom. The monoisotopic (exact) mass is 386 g/mol. The van der Waals surface area contributed by atoms with E-state index in [1.54, 1.807) is 24.1 Å². The van der Waals surface area contributed by atoms with Crippen LogP contribution in [0.3, 0.4) is 0 Å². The van der Waals surface area contributed by atoms with Gasteiger partial charge in [-0.1, -0.05) is 60.1 Å². The number of aliphatic imine (C=N–C) groups is 1. The number of carbonyl (C=O) groups excluding carboxylic acids is 1. The second kappa shape index (κ2) is 7.98. The van der Waals surface area contributed by atoms with Crippen molar-refractivity contribution in [1.82, 2.24) is 0 Å². The molecule has 0 fully saturated rings. The minimum Gasteiger partial charge on any atom is -0.495 e. The van der Waals surface area contributed by atoms with Crippen LogP contribution in [0.25, 0.3) is 6.08 Å². The number of hydrogen-bond acceptors (Lipinski definition) is 4. The first kappa shape index (κ1) is 18.5. The zero-order valence-corrected chi connectivity index (χ0v) is 16.4. The highest BCUT2D eigenvalue weighted by molar-refractivity contribution is 8.14. The van der Waals surface area contributed by atoms with Gasteiger partial charge in [0.15, 0.2) is 5.17 Å². The molecule has 0 N–H and O–H groups in total. The van der Waals surface area contributed by atoms with Crippen molar-refractivity contribution < 1.29 is 9.53 Å². The van der Waals surface area contributed by atoms with Crippen molar-refractivity contribution in [1.29, 1.82) is 0 Å². The number of nitrogens with zero attached hydrogens (tertiary/aromatic N) is 2. The third-order valence-corrected chi connectivity index (χ3v) is 4.99. The number of thioether (sulfide) groups is 1. The Morgan fingerprint density at radius 1 is 1.23 bits per heavy atom. The maximum Gasteiger partial charge on any atom is 0.283 e. The maximum absolute atomic E-state index is 13.0. The van der Waals surface area contributed by atoms with E-state index in [9.17, 15) is 4.79 Å². The summed E-state index contributed by atoms with van der Waals surface area (Å²) in [7, 11) is 1.56. The van der Waals surface area contributed by atoms with Crippen LogP contribution in [-0.2, 0) is 4.79 Å². The van der Waals surface area contributed by atoms with Crippen LogP contribution in [0.15, 0.2) is 53.2 Å². The third-order valence-electron chi connectivity index (χ3n) is 3.88. The number of methoxy groups -OCH3 is 1. The highest BCUT2D eigenvalue weighted by Gasteiger charge is 2.32. The first-order valence-corrected chi connectivity index (χ1v) is 9.57. The Morgan fingerprint density at radius 3 is 2.58 bits per heavy atom. The molecule has 0 unspecified atom stereocenters. The quantitative estimate of drug-likeness (QED) is 0.682. The van der Waals surface area contributed by atoms with Gasteiger partial charge in [0.1, 0.15) is 11.4 Å². The number of carbonyl (C=O) groups is 1. The summed E-state index contributed by atoms with van der Waals surface area (Å²) in [5.41, 5.74) is 3.20. The number of aryl methyl sites for hydroxylation is 1. The van der Waals surface area contributed by atoms with E-state index in [0.717, 1.165) is 11.3 Å². The van der Waals surface area contributed by atoms with Crippen molar-refractivity contribution >= 4 is 46.2 Å². The summed E-state index contributed by atoms with van der Waals surface area (Å²) in [4.78, 5) is 19.1. The van der Waals surface area contributed by atoms with E-state index in [0.29, 0.717) is 27.3 Å². The molecule has 26 heavy (non-hydrogen) atoms. The number of anilines is 1. The third kappa shape index (κ3) is 3.79. The van der Waals surface area contributed by atoms with Gasteiger partial charge in [0, 0.05) is 0 Å². The minimum atomic E-state index is -0.164. The molecule has 1 heterocycles. The Balaban J connectivity index is 1.98. The van der Waals surface area contributed by atoms with Gasteiger partial charge in [-0.2, -0.15) is 0 Å². The zero-order chi connectivity index (χ0) is 18.7. The van der Waals surface area contributed by atoms with Gasteiger partial charge in [-0.15, -0.1) is 0 Å². The lowest BCUT2D eigenvalue weighted by Crippen LogP contribution is -2.30. The van der Waals surface area contributed by atoms with Crippen molar-refractivity contribution in [3.63, 3.8) is 0 Å². The Bertz CT molecular complexity index is 891. The highest BCUT2D eigenvalue weighted by atomic mass is 35.5. The normalized spacial score (nSPS) is 15.5. The van der Waals surface area contributed by atoms with Gasteiger partial charge in [-0.3, -0.25) is 9.69 Å². The fourth-order valence-corrected chi connectivity index (χ4v) is 3.56. The lowest BCUT2D eigenvalue weighted by molar-refractivity contribution is -0.113. The molecule has 134 valence electrons. The molecule has 1 aliphatic heterocycles. The second-order valence-electron chi connectivity index (χ2n) is 5.73. The van der Waals surface area contributed by atoms with E-state index in [2.05, 4.69) is 4.99 Å². The van der Waals surface area contributed by atoms with E-state index in [1.165, 1.54) is 17.3 Å². The Kier molecular flexibility index (Phi) is 5.69. The summed E-state index contributed by atoms with van der Waals surface area (Å²) >= 11 is 7.76. The van der Waals surface area contributed by atoms with Gasteiger partial charge < -0.3 is 4.74 Å². The van der Waals surface area contributed by atoms with E-state index in [4.69, 9.17) is 16.3 Å². The average Bonchev–Trinajstić information content (AvgIpc) is 2.92. The summed E-state index contributed by atoms with van der Waals surface area (Å²) < 4.78 is 5.19. The fourth-order valence-electron chi connectivity index (χ4n) is 2.56. The standard InChI is InChI=1S/C20H19ClN2O2S/c1-4-26-20-22-17(11-14-7-5-13(2)6-8-14)19(24)23(20)15-9-10-18(25-3)16(21)12-15/h5-12H,4H2,1-3H3. The van der Waals surface area contributed by atoms with Crippen LogP contribution in [0, 0.1) is 6.92 Å². The number of hydrogen-bond donors (Lipinski definition) is 0. The summed E-state index contributed by atoms with van der Waals surface area (Å²) in [5, 5.41) is 1.10. The van der Waals surface area contributed by atoms with Gasteiger partial charge in [0.05, 0.1) is 17.8 Å². The smallest absolute Gasteiger partial charge is 0.283 e. The van der Waals surface area contributed by atoms with Crippen LogP contribution in [0.4, 0.5) is 5.69 Å². The summed E-state index contributed by atoms with van der Waals surface area (Å²) in [5.74, 6) is 1.21. The van der Waals surface area contributed by atoms with Crippen LogP contribution in [0.2, 0.25) is 5.02 Å². The Labute approximate surface area is 162 Å². The van der Waals surface area contributed by atoms with Crippen molar-refractivity contribution in [3.05, 3.63) is 64.3 Å². The lowest BCUT2D eigenvalue weighted by atomic mass is 10.1. The molecular formula is C20H19ClN2O2S. The summed E-state index contributed by atoms with van der Waals surface area (Å²) in [6.45, 7) is 4.06. The molecule has 1 amide bonds. The summed E-state index contributed by atoms with van der Waals surface area (Å²) in [6, 6.07) is 13.3. The number of rotatable bonds is 4. The molecule has 0 radical (unpaired) electrons. The molecule has 0 atom stereocenters. The predicted octanol–water partition coefficient (Wildman–Crippen LogP) is 5.15. The van der Waals surface area contributed by atoms with E-state index in [-0.39, 0.29) is 5.91 Å². The molecule has 4 nitrogen and oxygen atoms in total. The molecule has 0 spiro atoms. The first-order chi connectivity index (χ1) is 12.5. The topological polar surface area (TPSA) is 41.9 Å². The van der Waals surface area contributed by atoms with Crippen LogP contribution in [-0.4, -0.2) is 23.9 Å². The van der Waals surface area contributed by atoms with Crippen molar-refractivity contribution in [2.45, 2.75) is 13.8 Å². The zero-order valence-electron chi connectivity index (χ0n) is 14.8. The van der Waals surface area contributed by atoms with E-state index < -0.39 is 0 Å². The molecule has 6 heteroatoms. The first-order valence-electron chi connectivity index (χ1n) is 8.21. The highest BCUT2D eigenvalue weighted by Crippen LogP contribution is 2.34. The van der Waals surface area contributed by atoms with Crippen molar-refractivity contribution in [2.24, 2.45) is 4.99 Å². The minimum absolute atomic E-state index is 0.164.